The molecule has 30 heavy (non-hydrogen) atoms. The molecule has 0 spiro atoms. The molecule has 0 amide bonds. The van der Waals surface area contributed by atoms with Crippen molar-refractivity contribution in [3.63, 3.8) is 0 Å². The van der Waals surface area contributed by atoms with Crippen LogP contribution in [0.4, 0.5) is 0 Å². The van der Waals surface area contributed by atoms with Gasteiger partial charge in [0.2, 0.25) is 6.29 Å². The van der Waals surface area contributed by atoms with Crippen molar-refractivity contribution < 1.29 is 9.47 Å². The second-order valence-electron chi connectivity index (χ2n) is 8.26. The Kier molecular flexibility index (Phi) is 8.10. The van der Waals surface area contributed by atoms with Gasteiger partial charge in [0.1, 0.15) is 5.75 Å². The second-order valence-corrected chi connectivity index (χ2v) is 8.26. The SMILES string of the molecule is CCC(C)c1ccc(OC(OC(C)C)C(Cc2ccccc2)c2ccccc2)cc1. The topological polar surface area (TPSA) is 18.5 Å². The van der Waals surface area contributed by atoms with E-state index in [0.29, 0.717) is 5.92 Å². The van der Waals surface area contributed by atoms with Crippen LogP contribution in [0.15, 0.2) is 84.9 Å². The number of benzene rings is 3. The summed E-state index contributed by atoms with van der Waals surface area (Å²) in [6, 6.07) is 29.6. The third-order valence-electron chi connectivity index (χ3n) is 5.57. The van der Waals surface area contributed by atoms with Gasteiger partial charge >= 0.3 is 0 Å². The van der Waals surface area contributed by atoms with Crippen molar-refractivity contribution in [2.75, 3.05) is 0 Å². The molecule has 0 aliphatic carbocycles. The van der Waals surface area contributed by atoms with Gasteiger partial charge in [-0.3, -0.25) is 0 Å². The van der Waals surface area contributed by atoms with E-state index in [1.54, 1.807) is 0 Å². The zero-order valence-electron chi connectivity index (χ0n) is 18.6. The molecule has 0 bridgehead atoms. The van der Waals surface area contributed by atoms with E-state index in [1.165, 1.54) is 16.7 Å². The normalized spacial score (nSPS) is 14.3. The Balaban J connectivity index is 1.88. The molecular formula is C28H34O2. The number of hydrogen-bond acceptors (Lipinski definition) is 2. The lowest BCUT2D eigenvalue weighted by molar-refractivity contribution is -0.122. The van der Waals surface area contributed by atoms with Crippen LogP contribution in [0.2, 0.25) is 0 Å². The first-order chi connectivity index (χ1) is 14.6. The Bertz CT molecular complexity index is 856. The standard InChI is InChI=1S/C28H34O2/c1-5-22(4)24-16-18-26(19-17-24)30-28(29-21(2)3)27(25-14-10-7-11-15-25)20-23-12-8-6-9-13-23/h6-19,21-22,27-28H,5,20H2,1-4H3. The number of ether oxygens (including phenoxy) is 2. The summed E-state index contributed by atoms with van der Waals surface area (Å²) < 4.78 is 12.8. The van der Waals surface area contributed by atoms with Crippen molar-refractivity contribution in [2.24, 2.45) is 0 Å². The van der Waals surface area contributed by atoms with Gasteiger partial charge in [-0.15, -0.1) is 0 Å². The Labute approximate surface area is 181 Å². The van der Waals surface area contributed by atoms with Gasteiger partial charge in [-0.25, -0.2) is 0 Å². The smallest absolute Gasteiger partial charge is 0.207 e. The van der Waals surface area contributed by atoms with Crippen LogP contribution in [-0.4, -0.2) is 12.4 Å². The highest BCUT2D eigenvalue weighted by Crippen LogP contribution is 2.30. The van der Waals surface area contributed by atoms with Gasteiger partial charge in [0, 0.05) is 0 Å². The molecule has 2 heteroatoms. The van der Waals surface area contributed by atoms with E-state index in [1.807, 2.05) is 0 Å². The summed E-state index contributed by atoms with van der Waals surface area (Å²) in [5.41, 5.74) is 3.85. The lowest BCUT2D eigenvalue weighted by Gasteiger charge is -2.30. The lowest BCUT2D eigenvalue weighted by Crippen LogP contribution is -2.32. The molecule has 0 N–H and O–H groups in total. The number of hydrogen-bond donors (Lipinski definition) is 0. The summed E-state index contributed by atoms with van der Waals surface area (Å²) in [5.74, 6) is 1.49. The van der Waals surface area contributed by atoms with E-state index in [9.17, 15) is 0 Å². The number of rotatable bonds is 10. The van der Waals surface area contributed by atoms with Crippen molar-refractivity contribution in [2.45, 2.75) is 64.8 Å². The van der Waals surface area contributed by atoms with Crippen LogP contribution in [0.25, 0.3) is 0 Å². The zero-order valence-corrected chi connectivity index (χ0v) is 18.6. The predicted octanol–water partition coefficient (Wildman–Crippen LogP) is 7.36. The molecule has 0 heterocycles. The summed E-state index contributed by atoms with van der Waals surface area (Å²) in [4.78, 5) is 0. The fourth-order valence-electron chi connectivity index (χ4n) is 3.66. The molecule has 3 unspecified atom stereocenters. The highest BCUT2D eigenvalue weighted by atomic mass is 16.7. The molecule has 0 aliphatic heterocycles. The van der Waals surface area contributed by atoms with Gasteiger partial charge in [-0.05, 0) is 61.4 Å². The van der Waals surface area contributed by atoms with Gasteiger partial charge in [0.05, 0.1) is 12.0 Å². The fourth-order valence-corrected chi connectivity index (χ4v) is 3.66. The Morgan fingerprint density at radius 1 is 0.700 bits per heavy atom. The van der Waals surface area contributed by atoms with E-state index >= 15 is 0 Å². The summed E-state index contributed by atoms with van der Waals surface area (Å²) in [6.07, 6.45) is 1.68. The van der Waals surface area contributed by atoms with Crippen molar-refractivity contribution in [3.05, 3.63) is 102 Å². The maximum absolute atomic E-state index is 6.46. The second kappa shape index (κ2) is 11.0. The molecule has 3 aromatic rings. The van der Waals surface area contributed by atoms with Crippen molar-refractivity contribution in [3.8, 4) is 5.75 Å². The molecule has 158 valence electrons. The third-order valence-corrected chi connectivity index (χ3v) is 5.57. The average molecular weight is 403 g/mol. The molecular weight excluding hydrogens is 368 g/mol. The molecule has 3 rings (SSSR count). The lowest BCUT2D eigenvalue weighted by atomic mass is 9.91. The van der Waals surface area contributed by atoms with Gasteiger partial charge in [-0.1, -0.05) is 86.6 Å². The van der Waals surface area contributed by atoms with Crippen LogP contribution < -0.4 is 4.74 Å². The van der Waals surface area contributed by atoms with E-state index in [-0.39, 0.29) is 18.3 Å². The summed E-state index contributed by atoms with van der Waals surface area (Å²) in [7, 11) is 0. The quantitative estimate of drug-likeness (QED) is 0.330. The fraction of sp³-hybridized carbons (Fsp3) is 0.357. The molecule has 0 radical (unpaired) electrons. The monoisotopic (exact) mass is 402 g/mol. The molecule has 3 aromatic carbocycles. The van der Waals surface area contributed by atoms with E-state index < -0.39 is 0 Å². The van der Waals surface area contributed by atoms with E-state index in [0.717, 1.165) is 18.6 Å². The van der Waals surface area contributed by atoms with Gasteiger partial charge in [-0.2, -0.15) is 0 Å². The third kappa shape index (κ3) is 6.21. The van der Waals surface area contributed by atoms with Crippen molar-refractivity contribution >= 4 is 0 Å². The molecule has 0 aromatic heterocycles. The summed E-state index contributed by atoms with van der Waals surface area (Å²) >= 11 is 0. The minimum absolute atomic E-state index is 0.0661. The largest absolute Gasteiger partial charge is 0.464 e. The maximum Gasteiger partial charge on any atom is 0.207 e. The van der Waals surface area contributed by atoms with Crippen molar-refractivity contribution in [1.82, 2.24) is 0 Å². The molecule has 0 fully saturated rings. The van der Waals surface area contributed by atoms with Gasteiger partial charge in [0.15, 0.2) is 0 Å². The summed E-state index contributed by atoms with van der Waals surface area (Å²) in [5, 5.41) is 0. The Morgan fingerprint density at radius 2 is 1.30 bits per heavy atom. The Morgan fingerprint density at radius 3 is 1.87 bits per heavy atom. The first-order valence-electron chi connectivity index (χ1n) is 11.1. The molecule has 2 nitrogen and oxygen atoms in total. The molecule has 0 saturated heterocycles. The summed E-state index contributed by atoms with van der Waals surface area (Å²) in [6.45, 7) is 8.60. The van der Waals surface area contributed by atoms with E-state index in [4.69, 9.17) is 9.47 Å². The minimum Gasteiger partial charge on any atom is -0.464 e. The van der Waals surface area contributed by atoms with Crippen LogP contribution in [-0.2, 0) is 11.2 Å². The van der Waals surface area contributed by atoms with Crippen LogP contribution in [0.3, 0.4) is 0 Å². The van der Waals surface area contributed by atoms with Crippen LogP contribution in [0.5, 0.6) is 5.75 Å². The highest BCUT2D eigenvalue weighted by Gasteiger charge is 2.27. The Hall–Kier alpha value is -2.58. The molecule has 0 saturated carbocycles. The molecule has 0 aliphatic rings. The first-order valence-corrected chi connectivity index (χ1v) is 11.1. The van der Waals surface area contributed by atoms with E-state index in [2.05, 4.69) is 113 Å². The first kappa shape index (κ1) is 22.1. The minimum atomic E-state index is -0.373. The average Bonchev–Trinajstić information content (AvgIpc) is 2.78. The zero-order chi connectivity index (χ0) is 21.3. The molecule has 3 atom stereocenters. The predicted molar refractivity (Wildman–Crippen MR) is 125 cm³/mol. The highest BCUT2D eigenvalue weighted by molar-refractivity contribution is 5.30. The van der Waals surface area contributed by atoms with Gasteiger partial charge in [0.25, 0.3) is 0 Å². The van der Waals surface area contributed by atoms with Crippen molar-refractivity contribution in [1.29, 1.82) is 0 Å². The van der Waals surface area contributed by atoms with Crippen LogP contribution >= 0.6 is 0 Å². The van der Waals surface area contributed by atoms with Crippen LogP contribution in [0.1, 0.15) is 62.6 Å². The maximum atomic E-state index is 6.46. The van der Waals surface area contributed by atoms with Crippen LogP contribution in [0, 0.1) is 0 Å². The van der Waals surface area contributed by atoms with Gasteiger partial charge < -0.3 is 9.47 Å².